The molecule has 0 aromatic carbocycles. The van der Waals surface area contributed by atoms with Gasteiger partial charge in [-0.3, -0.25) is 9.59 Å². The first kappa shape index (κ1) is 32.2. The van der Waals surface area contributed by atoms with Crippen LogP contribution in [-0.4, -0.2) is 56.2 Å². The second kappa shape index (κ2) is 19.0. The number of carbonyl (C=O) groups is 2. The molecule has 7 nitrogen and oxygen atoms in total. The van der Waals surface area contributed by atoms with Gasteiger partial charge >= 0.3 is 0 Å². The lowest BCUT2D eigenvalue weighted by Gasteiger charge is -2.29. The summed E-state index contributed by atoms with van der Waals surface area (Å²) in [6.07, 6.45) is 21.6. The molecule has 0 aromatic rings. The first-order valence-corrected chi connectivity index (χ1v) is 16.1. The predicted molar refractivity (Wildman–Crippen MR) is 153 cm³/mol. The Bertz CT molecular complexity index is 715. The molecule has 2 saturated heterocycles. The second-order valence-electron chi connectivity index (χ2n) is 11.7. The van der Waals surface area contributed by atoms with Gasteiger partial charge < -0.3 is 24.3 Å². The van der Waals surface area contributed by atoms with E-state index in [0.29, 0.717) is 12.2 Å². The van der Waals surface area contributed by atoms with Crippen LogP contribution in [0.15, 0.2) is 12.2 Å². The smallest absolute Gasteiger partial charge is 0.216 e. The van der Waals surface area contributed by atoms with Crippen molar-refractivity contribution in [2.75, 3.05) is 19.8 Å². The van der Waals surface area contributed by atoms with E-state index in [2.05, 4.69) is 24.4 Å². The molecule has 3 fully saturated rings. The van der Waals surface area contributed by atoms with Crippen LogP contribution >= 0.6 is 0 Å². The highest BCUT2D eigenvalue weighted by atomic mass is 16.7. The summed E-state index contributed by atoms with van der Waals surface area (Å²) in [5.41, 5.74) is 0. The standard InChI is InChI=1S/C32H55NO6/c1-3-4-8-15-26(38-31-17-10-13-22-36-31)19-20-28-27(16-9-6-5-7-12-21-33-25(2)34)29(35)24-30(28)39-32-18-11-14-23-37-32/h19-20,26-28,30-32H,3-18,21-24H2,1-2H3,(H,33,34)/b20-19+/t26-,27+,28+,30+,31?,32?/m0/s1. The van der Waals surface area contributed by atoms with Crippen molar-refractivity contribution in [2.24, 2.45) is 11.8 Å². The van der Waals surface area contributed by atoms with Crippen molar-refractivity contribution >= 4 is 11.7 Å². The molecule has 1 aliphatic carbocycles. The van der Waals surface area contributed by atoms with E-state index in [1.54, 1.807) is 6.92 Å². The molecule has 2 unspecified atom stereocenters. The molecular formula is C32H55NO6. The van der Waals surface area contributed by atoms with E-state index >= 15 is 0 Å². The van der Waals surface area contributed by atoms with E-state index in [1.807, 2.05) is 0 Å². The quantitative estimate of drug-likeness (QED) is 0.153. The summed E-state index contributed by atoms with van der Waals surface area (Å²) in [5.74, 6) is 0.424. The van der Waals surface area contributed by atoms with Crippen molar-refractivity contribution in [3.8, 4) is 0 Å². The molecule has 224 valence electrons. The van der Waals surface area contributed by atoms with Gasteiger partial charge in [-0.25, -0.2) is 0 Å². The third-order valence-corrected chi connectivity index (χ3v) is 8.34. The fourth-order valence-electron chi connectivity index (χ4n) is 6.08. The van der Waals surface area contributed by atoms with Crippen molar-refractivity contribution < 1.29 is 28.5 Å². The molecule has 0 aromatic heterocycles. The Morgan fingerprint density at radius 3 is 2.38 bits per heavy atom. The normalized spacial score (nSPS) is 28.7. The molecule has 0 bridgehead atoms. The number of hydrogen-bond acceptors (Lipinski definition) is 6. The summed E-state index contributed by atoms with van der Waals surface area (Å²) < 4.78 is 24.6. The third-order valence-electron chi connectivity index (χ3n) is 8.34. The molecule has 2 aliphatic heterocycles. The van der Waals surface area contributed by atoms with E-state index < -0.39 is 0 Å². The van der Waals surface area contributed by atoms with Crippen molar-refractivity contribution in [3.05, 3.63) is 12.2 Å². The Balaban J connectivity index is 1.59. The fourth-order valence-corrected chi connectivity index (χ4v) is 6.08. The van der Waals surface area contributed by atoms with Gasteiger partial charge in [0.2, 0.25) is 5.91 Å². The van der Waals surface area contributed by atoms with Gasteiger partial charge in [-0.2, -0.15) is 0 Å². The highest BCUT2D eigenvalue weighted by Gasteiger charge is 2.42. The summed E-state index contributed by atoms with van der Waals surface area (Å²) >= 11 is 0. The van der Waals surface area contributed by atoms with Gasteiger partial charge in [0.05, 0.1) is 12.2 Å². The number of ether oxygens (including phenoxy) is 4. The van der Waals surface area contributed by atoms with Crippen LogP contribution in [0.25, 0.3) is 0 Å². The van der Waals surface area contributed by atoms with Gasteiger partial charge in [0.25, 0.3) is 0 Å². The zero-order chi connectivity index (χ0) is 27.7. The van der Waals surface area contributed by atoms with Gasteiger partial charge in [0.15, 0.2) is 12.6 Å². The molecule has 1 N–H and O–H groups in total. The van der Waals surface area contributed by atoms with Crippen LogP contribution in [0.3, 0.4) is 0 Å². The maximum atomic E-state index is 13.2. The molecular weight excluding hydrogens is 494 g/mol. The summed E-state index contributed by atoms with van der Waals surface area (Å²) in [6.45, 7) is 6.05. The Morgan fingerprint density at radius 2 is 1.69 bits per heavy atom. The molecule has 0 radical (unpaired) electrons. The molecule has 6 atom stereocenters. The van der Waals surface area contributed by atoms with Crippen LogP contribution in [-0.2, 0) is 28.5 Å². The summed E-state index contributed by atoms with van der Waals surface area (Å²) in [4.78, 5) is 24.3. The average Bonchev–Trinajstić information content (AvgIpc) is 3.23. The Morgan fingerprint density at radius 1 is 0.974 bits per heavy atom. The van der Waals surface area contributed by atoms with E-state index in [-0.39, 0.29) is 42.5 Å². The summed E-state index contributed by atoms with van der Waals surface area (Å²) in [6, 6.07) is 0. The molecule has 39 heavy (non-hydrogen) atoms. The highest BCUT2D eigenvalue weighted by molar-refractivity contribution is 5.84. The monoisotopic (exact) mass is 549 g/mol. The lowest BCUT2D eigenvalue weighted by Crippen LogP contribution is -2.31. The Labute approximate surface area is 237 Å². The summed E-state index contributed by atoms with van der Waals surface area (Å²) in [5, 5.41) is 2.86. The topological polar surface area (TPSA) is 83.1 Å². The number of carbonyl (C=O) groups excluding carboxylic acids is 2. The van der Waals surface area contributed by atoms with Gasteiger partial charge in [-0.1, -0.05) is 64.0 Å². The van der Waals surface area contributed by atoms with E-state index in [0.717, 1.165) is 110 Å². The largest absolute Gasteiger partial charge is 0.356 e. The maximum Gasteiger partial charge on any atom is 0.216 e. The number of nitrogens with one attached hydrogen (secondary N) is 1. The van der Waals surface area contributed by atoms with E-state index in [4.69, 9.17) is 18.9 Å². The van der Waals surface area contributed by atoms with Gasteiger partial charge in [0.1, 0.15) is 5.78 Å². The molecule has 1 amide bonds. The second-order valence-corrected chi connectivity index (χ2v) is 11.7. The summed E-state index contributed by atoms with van der Waals surface area (Å²) in [7, 11) is 0. The number of unbranched alkanes of at least 4 members (excludes halogenated alkanes) is 6. The minimum Gasteiger partial charge on any atom is -0.356 e. The molecule has 1 saturated carbocycles. The van der Waals surface area contributed by atoms with Crippen molar-refractivity contribution in [1.29, 1.82) is 0 Å². The molecule has 3 aliphatic rings. The van der Waals surface area contributed by atoms with Gasteiger partial charge in [-0.05, 0) is 57.8 Å². The van der Waals surface area contributed by atoms with Crippen LogP contribution < -0.4 is 5.32 Å². The van der Waals surface area contributed by atoms with Gasteiger partial charge in [0, 0.05) is 44.9 Å². The average molecular weight is 550 g/mol. The van der Waals surface area contributed by atoms with Gasteiger partial charge in [-0.15, -0.1) is 0 Å². The molecule has 2 heterocycles. The van der Waals surface area contributed by atoms with E-state index in [1.165, 1.54) is 12.8 Å². The Hall–Kier alpha value is -1.28. The first-order chi connectivity index (χ1) is 19.1. The number of rotatable bonds is 18. The first-order valence-electron chi connectivity index (χ1n) is 16.1. The van der Waals surface area contributed by atoms with Crippen molar-refractivity contribution in [1.82, 2.24) is 5.32 Å². The number of ketones is 1. The lowest BCUT2D eigenvalue weighted by atomic mass is 9.88. The maximum absolute atomic E-state index is 13.2. The van der Waals surface area contributed by atoms with Crippen molar-refractivity contribution in [3.63, 3.8) is 0 Å². The SMILES string of the molecule is CCCCC[C@@H](/C=C/[C@H]1[C@H](OC2CCCCO2)CC(=O)[C@@H]1CCCCCCCNC(C)=O)OC1CCCCO1. The van der Waals surface area contributed by atoms with Crippen LogP contribution in [0.1, 0.15) is 123 Å². The zero-order valence-electron chi connectivity index (χ0n) is 24.7. The molecule has 0 spiro atoms. The number of Topliss-reactive ketones (excluding diaryl/α,β-unsaturated/α-hetero) is 1. The molecule has 3 rings (SSSR count). The van der Waals surface area contributed by atoms with Crippen LogP contribution in [0.2, 0.25) is 0 Å². The third kappa shape index (κ3) is 12.4. The fraction of sp³-hybridized carbons (Fsp3) is 0.875. The van der Waals surface area contributed by atoms with Crippen LogP contribution in [0.4, 0.5) is 0 Å². The van der Waals surface area contributed by atoms with Crippen LogP contribution in [0, 0.1) is 11.8 Å². The zero-order valence-corrected chi connectivity index (χ0v) is 24.7. The predicted octanol–water partition coefficient (Wildman–Crippen LogP) is 6.63. The van der Waals surface area contributed by atoms with E-state index in [9.17, 15) is 9.59 Å². The number of hydrogen-bond donors (Lipinski definition) is 1. The highest BCUT2D eigenvalue weighted by Crippen LogP contribution is 2.38. The van der Waals surface area contributed by atoms with Crippen LogP contribution in [0.5, 0.6) is 0 Å². The minimum absolute atomic E-state index is 0.00329. The molecule has 7 heteroatoms. The lowest BCUT2D eigenvalue weighted by molar-refractivity contribution is -0.192. The van der Waals surface area contributed by atoms with Crippen molar-refractivity contribution in [2.45, 2.75) is 148 Å². The minimum atomic E-state index is -0.193. The number of amides is 1. The Kier molecular flexibility index (Phi) is 15.7.